The van der Waals surface area contributed by atoms with Crippen LogP contribution in [0.1, 0.15) is 54.8 Å². The maximum atomic E-state index is 11.1. The van der Waals surface area contributed by atoms with Crippen LogP contribution in [0.15, 0.2) is 6.07 Å². The Bertz CT molecular complexity index is 406. The number of carboxylic acids is 1. The molecule has 0 amide bonds. The second-order valence-corrected chi connectivity index (χ2v) is 4.68. The summed E-state index contributed by atoms with van der Waals surface area (Å²) in [6.07, 6.45) is 1.85. The maximum absolute atomic E-state index is 11.1. The summed E-state index contributed by atoms with van der Waals surface area (Å²) < 4.78 is 6.89. The Morgan fingerprint density at radius 2 is 2.18 bits per heavy atom. The van der Waals surface area contributed by atoms with Gasteiger partial charge in [0.15, 0.2) is 0 Å². The van der Waals surface area contributed by atoms with Crippen molar-refractivity contribution in [1.29, 1.82) is 0 Å². The van der Waals surface area contributed by atoms with Crippen molar-refractivity contribution >= 4 is 5.97 Å². The zero-order chi connectivity index (χ0) is 12.4. The number of rotatable bonds is 3. The smallest absolute Gasteiger partial charge is 0.354 e. The van der Waals surface area contributed by atoms with Crippen molar-refractivity contribution in [2.24, 2.45) is 0 Å². The van der Waals surface area contributed by atoms with E-state index in [4.69, 9.17) is 9.84 Å². The minimum Gasteiger partial charge on any atom is -0.477 e. The van der Waals surface area contributed by atoms with E-state index in [0.29, 0.717) is 5.92 Å². The largest absolute Gasteiger partial charge is 0.477 e. The summed E-state index contributed by atoms with van der Waals surface area (Å²) in [5.74, 6) is -0.577. The molecule has 17 heavy (non-hydrogen) atoms. The van der Waals surface area contributed by atoms with E-state index >= 15 is 0 Å². The van der Waals surface area contributed by atoms with Gasteiger partial charge in [0.2, 0.25) is 0 Å². The van der Waals surface area contributed by atoms with Gasteiger partial charge in [0, 0.05) is 25.2 Å². The summed E-state index contributed by atoms with van der Waals surface area (Å²) in [5.41, 5.74) is 1.17. The molecule has 1 saturated heterocycles. The Morgan fingerprint density at radius 3 is 2.65 bits per heavy atom. The van der Waals surface area contributed by atoms with E-state index < -0.39 is 5.97 Å². The van der Waals surface area contributed by atoms with Crippen molar-refractivity contribution in [3.05, 3.63) is 17.5 Å². The molecule has 0 aromatic carbocycles. The number of nitrogens with zero attached hydrogens (tertiary/aromatic N) is 2. The quantitative estimate of drug-likeness (QED) is 0.875. The third-order valence-corrected chi connectivity index (χ3v) is 3.10. The number of hydrogen-bond acceptors (Lipinski definition) is 3. The Kier molecular flexibility index (Phi) is 3.47. The van der Waals surface area contributed by atoms with Gasteiger partial charge in [-0.1, -0.05) is 0 Å². The van der Waals surface area contributed by atoms with Crippen molar-refractivity contribution in [3.63, 3.8) is 0 Å². The lowest BCUT2D eigenvalue weighted by Crippen LogP contribution is -2.15. The molecule has 0 unspecified atom stereocenters. The van der Waals surface area contributed by atoms with Crippen molar-refractivity contribution < 1.29 is 14.6 Å². The summed E-state index contributed by atoms with van der Waals surface area (Å²) >= 11 is 0. The standard InChI is InChI=1S/C12H18N2O3/c1-8(2)14-11(12(15)16)7-10(13-14)9-3-5-17-6-4-9/h7-9H,3-6H2,1-2H3,(H,15,16). The minimum atomic E-state index is -0.912. The predicted octanol–water partition coefficient (Wildman–Crippen LogP) is 2.06. The van der Waals surface area contributed by atoms with Gasteiger partial charge in [-0.05, 0) is 32.8 Å². The molecule has 5 heteroatoms. The summed E-state index contributed by atoms with van der Waals surface area (Å²) in [4.78, 5) is 11.1. The number of aromatic carboxylic acids is 1. The van der Waals surface area contributed by atoms with E-state index in [1.807, 2.05) is 13.8 Å². The van der Waals surface area contributed by atoms with E-state index in [1.54, 1.807) is 10.7 Å². The van der Waals surface area contributed by atoms with Gasteiger partial charge in [-0.2, -0.15) is 5.10 Å². The molecule has 0 radical (unpaired) electrons. The van der Waals surface area contributed by atoms with Gasteiger partial charge >= 0.3 is 5.97 Å². The predicted molar refractivity (Wildman–Crippen MR) is 62.4 cm³/mol. The topological polar surface area (TPSA) is 64.4 Å². The molecule has 1 N–H and O–H groups in total. The third-order valence-electron chi connectivity index (χ3n) is 3.10. The van der Waals surface area contributed by atoms with Crippen LogP contribution >= 0.6 is 0 Å². The van der Waals surface area contributed by atoms with Gasteiger partial charge in [0.05, 0.1) is 5.69 Å². The fourth-order valence-electron chi connectivity index (χ4n) is 2.16. The Hall–Kier alpha value is -1.36. The summed E-state index contributed by atoms with van der Waals surface area (Å²) in [7, 11) is 0. The summed E-state index contributed by atoms with van der Waals surface area (Å²) in [5, 5.41) is 13.6. The Labute approximate surface area is 100 Å². The van der Waals surface area contributed by atoms with E-state index in [-0.39, 0.29) is 11.7 Å². The van der Waals surface area contributed by atoms with Crippen LogP contribution in [-0.2, 0) is 4.74 Å². The highest BCUT2D eigenvalue weighted by atomic mass is 16.5. The zero-order valence-electron chi connectivity index (χ0n) is 10.2. The lowest BCUT2D eigenvalue weighted by atomic mass is 9.96. The molecule has 0 saturated carbocycles. The molecule has 94 valence electrons. The Morgan fingerprint density at radius 1 is 1.53 bits per heavy atom. The molecule has 1 aliphatic heterocycles. The van der Waals surface area contributed by atoms with Gasteiger partial charge in [0.1, 0.15) is 5.69 Å². The molecule has 0 bridgehead atoms. The molecule has 0 atom stereocenters. The van der Waals surface area contributed by atoms with Crippen LogP contribution in [0.25, 0.3) is 0 Å². The molecule has 0 aliphatic carbocycles. The van der Waals surface area contributed by atoms with Gasteiger partial charge in [-0.3, -0.25) is 4.68 Å². The monoisotopic (exact) mass is 238 g/mol. The minimum absolute atomic E-state index is 0.0645. The van der Waals surface area contributed by atoms with Gasteiger partial charge < -0.3 is 9.84 Å². The van der Waals surface area contributed by atoms with E-state index in [2.05, 4.69) is 5.10 Å². The van der Waals surface area contributed by atoms with Crippen LogP contribution in [0.5, 0.6) is 0 Å². The van der Waals surface area contributed by atoms with Gasteiger partial charge in [0.25, 0.3) is 0 Å². The lowest BCUT2D eigenvalue weighted by Gasteiger charge is -2.20. The molecular weight excluding hydrogens is 220 g/mol. The first-order valence-corrected chi connectivity index (χ1v) is 6.00. The maximum Gasteiger partial charge on any atom is 0.354 e. The van der Waals surface area contributed by atoms with Gasteiger partial charge in [-0.25, -0.2) is 4.79 Å². The Balaban J connectivity index is 2.29. The van der Waals surface area contributed by atoms with Crippen LogP contribution in [0, 0.1) is 0 Å². The summed E-state index contributed by atoms with van der Waals surface area (Å²) in [6, 6.07) is 1.77. The van der Waals surface area contributed by atoms with Crippen LogP contribution in [0.3, 0.4) is 0 Å². The molecule has 2 heterocycles. The second-order valence-electron chi connectivity index (χ2n) is 4.68. The van der Waals surface area contributed by atoms with Crippen LogP contribution < -0.4 is 0 Å². The van der Waals surface area contributed by atoms with E-state index in [9.17, 15) is 4.79 Å². The molecule has 0 spiro atoms. The first-order chi connectivity index (χ1) is 8.09. The van der Waals surface area contributed by atoms with Crippen LogP contribution in [0.4, 0.5) is 0 Å². The number of carbonyl (C=O) groups is 1. The first kappa shape index (κ1) is 12.1. The molecule has 5 nitrogen and oxygen atoms in total. The highest BCUT2D eigenvalue weighted by Gasteiger charge is 2.23. The SMILES string of the molecule is CC(C)n1nc(C2CCOCC2)cc1C(=O)O. The van der Waals surface area contributed by atoms with E-state index in [1.165, 1.54) is 0 Å². The first-order valence-electron chi connectivity index (χ1n) is 6.00. The average Bonchev–Trinajstić information content (AvgIpc) is 2.75. The number of carboxylic acid groups (broad SMARTS) is 1. The number of ether oxygens (including phenoxy) is 1. The lowest BCUT2D eigenvalue weighted by molar-refractivity contribution is 0.0681. The molecule has 1 aromatic rings. The highest BCUT2D eigenvalue weighted by Crippen LogP contribution is 2.27. The molecular formula is C12H18N2O3. The normalized spacial score (nSPS) is 17.6. The number of hydrogen-bond donors (Lipinski definition) is 1. The number of aromatic nitrogens is 2. The summed E-state index contributed by atoms with van der Waals surface area (Å²) in [6.45, 7) is 5.35. The zero-order valence-corrected chi connectivity index (χ0v) is 10.2. The molecule has 1 fully saturated rings. The fourth-order valence-corrected chi connectivity index (χ4v) is 2.16. The molecule has 1 aliphatic rings. The van der Waals surface area contributed by atoms with Crippen LogP contribution in [-0.4, -0.2) is 34.1 Å². The fraction of sp³-hybridized carbons (Fsp3) is 0.667. The van der Waals surface area contributed by atoms with Crippen molar-refractivity contribution in [2.75, 3.05) is 13.2 Å². The van der Waals surface area contributed by atoms with Gasteiger partial charge in [-0.15, -0.1) is 0 Å². The molecule has 2 rings (SSSR count). The van der Waals surface area contributed by atoms with Crippen molar-refractivity contribution in [3.8, 4) is 0 Å². The molecule has 1 aromatic heterocycles. The van der Waals surface area contributed by atoms with Crippen LogP contribution in [0.2, 0.25) is 0 Å². The van der Waals surface area contributed by atoms with Crippen molar-refractivity contribution in [1.82, 2.24) is 9.78 Å². The van der Waals surface area contributed by atoms with Crippen molar-refractivity contribution in [2.45, 2.75) is 38.6 Å². The second kappa shape index (κ2) is 4.87. The highest BCUT2D eigenvalue weighted by molar-refractivity contribution is 5.85. The average molecular weight is 238 g/mol. The third kappa shape index (κ3) is 2.49. The van der Waals surface area contributed by atoms with E-state index in [0.717, 1.165) is 31.7 Å².